The summed E-state index contributed by atoms with van der Waals surface area (Å²) >= 11 is 1.71. The van der Waals surface area contributed by atoms with Crippen LogP contribution in [-0.4, -0.2) is 37.0 Å². The number of anilines is 1. The van der Waals surface area contributed by atoms with Crippen molar-refractivity contribution in [1.82, 2.24) is 4.90 Å². The third kappa shape index (κ3) is 2.50. The zero-order chi connectivity index (χ0) is 14.9. The van der Waals surface area contributed by atoms with E-state index in [9.17, 15) is 4.79 Å². The number of hydrogen-bond donors (Lipinski definition) is 0. The lowest BCUT2D eigenvalue weighted by Crippen LogP contribution is -2.48. The van der Waals surface area contributed by atoms with Crippen molar-refractivity contribution in [2.45, 2.75) is 19.3 Å². The molecular formula is C17H20N3OS+. The highest BCUT2D eigenvalue weighted by atomic mass is 32.1. The van der Waals surface area contributed by atoms with E-state index in [1.807, 2.05) is 17.3 Å². The summed E-state index contributed by atoms with van der Waals surface area (Å²) in [6, 6.07) is 6.30. The van der Waals surface area contributed by atoms with E-state index in [4.69, 9.17) is 0 Å². The van der Waals surface area contributed by atoms with Gasteiger partial charge < -0.3 is 9.80 Å². The molecule has 1 fully saturated rings. The molecule has 0 radical (unpaired) electrons. The van der Waals surface area contributed by atoms with E-state index in [2.05, 4.69) is 28.1 Å². The number of piperazine rings is 1. The molecule has 1 N–H and O–H groups in total. The highest BCUT2D eigenvalue weighted by Gasteiger charge is 2.25. The molecule has 1 amide bonds. The number of aryl methyl sites for hydroxylation is 2. The average Bonchev–Trinajstić information content (AvgIpc) is 3.17. The highest BCUT2D eigenvalue weighted by molar-refractivity contribution is 7.14. The Morgan fingerprint density at radius 1 is 1.09 bits per heavy atom. The molecule has 5 heteroatoms. The molecule has 2 aromatic rings. The zero-order valence-electron chi connectivity index (χ0n) is 12.5. The second kappa shape index (κ2) is 5.72. The van der Waals surface area contributed by atoms with Crippen LogP contribution in [0, 0.1) is 0 Å². The minimum absolute atomic E-state index is 0.223. The highest BCUT2D eigenvalue weighted by Crippen LogP contribution is 2.31. The van der Waals surface area contributed by atoms with Gasteiger partial charge in [-0.3, -0.25) is 4.79 Å². The molecule has 1 saturated heterocycles. The molecule has 2 aliphatic rings. The van der Waals surface area contributed by atoms with Crippen molar-refractivity contribution in [3.05, 3.63) is 45.9 Å². The number of carbonyl (C=O) groups excluding carboxylic acids is 1. The largest absolute Gasteiger partial charge is 0.368 e. The first kappa shape index (κ1) is 13.8. The van der Waals surface area contributed by atoms with Gasteiger partial charge in [-0.05, 0) is 30.9 Å². The summed E-state index contributed by atoms with van der Waals surface area (Å²) in [5.74, 6) is 0.223. The van der Waals surface area contributed by atoms with Crippen molar-refractivity contribution < 1.29 is 9.78 Å². The van der Waals surface area contributed by atoms with Gasteiger partial charge in [-0.15, -0.1) is 11.3 Å². The first-order valence-corrected chi connectivity index (χ1v) is 8.75. The molecule has 4 rings (SSSR count). The zero-order valence-corrected chi connectivity index (χ0v) is 13.4. The first-order valence-electron chi connectivity index (χ1n) is 7.93. The number of pyridine rings is 1. The molecule has 3 heterocycles. The molecule has 0 spiro atoms. The van der Waals surface area contributed by atoms with Gasteiger partial charge in [0, 0.05) is 48.9 Å². The number of thiophene rings is 1. The Labute approximate surface area is 134 Å². The van der Waals surface area contributed by atoms with Crippen LogP contribution in [0.25, 0.3) is 0 Å². The third-order valence-electron chi connectivity index (χ3n) is 4.59. The van der Waals surface area contributed by atoms with Gasteiger partial charge in [0.2, 0.25) is 0 Å². The SMILES string of the molecule is O=C(c1cc2c(s1)CCC2)N1CCN(c2cc[nH+]cc2)CC1. The standard InChI is InChI=1S/C17H19N3OS/c21-17(16-12-13-2-1-3-15(13)22-16)20-10-8-19(9-11-20)14-4-6-18-7-5-14/h4-7,12H,1-3,8-11H2/p+1. The summed E-state index contributed by atoms with van der Waals surface area (Å²) in [6.45, 7) is 3.42. The van der Waals surface area contributed by atoms with Crippen LogP contribution in [0.5, 0.6) is 0 Å². The number of H-pyrrole nitrogens is 1. The van der Waals surface area contributed by atoms with E-state index < -0.39 is 0 Å². The van der Waals surface area contributed by atoms with Crippen LogP contribution < -0.4 is 9.88 Å². The Hall–Kier alpha value is -1.88. The Morgan fingerprint density at radius 3 is 2.59 bits per heavy atom. The van der Waals surface area contributed by atoms with E-state index in [-0.39, 0.29) is 5.91 Å². The van der Waals surface area contributed by atoms with Gasteiger partial charge >= 0.3 is 0 Å². The number of fused-ring (bicyclic) bond motifs is 1. The fourth-order valence-corrected chi connectivity index (χ4v) is 4.57. The number of nitrogens with one attached hydrogen (secondary N) is 1. The van der Waals surface area contributed by atoms with Crippen molar-refractivity contribution in [2.24, 2.45) is 0 Å². The maximum Gasteiger partial charge on any atom is 0.264 e. The average molecular weight is 314 g/mol. The lowest BCUT2D eigenvalue weighted by Gasteiger charge is -2.35. The van der Waals surface area contributed by atoms with E-state index in [0.29, 0.717) is 0 Å². The Bertz CT molecular complexity index is 653. The van der Waals surface area contributed by atoms with Crippen LogP contribution in [0.4, 0.5) is 5.69 Å². The molecule has 0 atom stereocenters. The summed E-state index contributed by atoms with van der Waals surface area (Å²) < 4.78 is 0. The van der Waals surface area contributed by atoms with Crippen LogP contribution in [-0.2, 0) is 12.8 Å². The number of carbonyl (C=O) groups is 1. The summed E-state index contributed by atoms with van der Waals surface area (Å²) in [4.78, 5) is 22.4. The number of aromatic amines is 1. The smallest absolute Gasteiger partial charge is 0.264 e. The minimum Gasteiger partial charge on any atom is -0.368 e. The maximum atomic E-state index is 12.7. The second-order valence-corrected chi connectivity index (χ2v) is 7.09. The number of rotatable bonds is 2. The Kier molecular flexibility index (Phi) is 3.58. The van der Waals surface area contributed by atoms with Gasteiger partial charge in [-0.25, -0.2) is 4.98 Å². The molecule has 0 unspecified atom stereocenters. The molecule has 0 bridgehead atoms. The van der Waals surface area contributed by atoms with Gasteiger partial charge in [0.05, 0.1) is 4.88 Å². The lowest BCUT2D eigenvalue weighted by molar-refractivity contribution is -0.377. The van der Waals surface area contributed by atoms with Crippen molar-refractivity contribution >= 4 is 22.9 Å². The normalized spacial score (nSPS) is 17.6. The van der Waals surface area contributed by atoms with Crippen LogP contribution in [0.15, 0.2) is 30.6 Å². The topological polar surface area (TPSA) is 37.7 Å². The van der Waals surface area contributed by atoms with Crippen LogP contribution >= 0.6 is 11.3 Å². The second-order valence-electron chi connectivity index (χ2n) is 5.95. The molecule has 0 saturated carbocycles. The van der Waals surface area contributed by atoms with Gasteiger partial charge in [-0.1, -0.05) is 0 Å². The van der Waals surface area contributed by atoms with Gasteiger partial charge in [0.15, 0.2) is 12.4 Å². The predicted octanol–water partition coefficient (Wildman–Crippen LogP) is 2.01. The molecule has 0 aromatic carbocycles. The van der Waals surface area contributed by atoms with E-state index in [0.717, 1.165) is 43.9 Å². The molecule has 22 heavy (non-hydrogen) atoms. The molecule has 4 nitrogen and oxygen atoms in total. The van der Waals surface area contributed by atoms with E-state index in [1.54, 1.807) is 11.3 Å². The Morgan fingerprint density at radius 2 is 1.86 bits per heavy atom. The number of nitrogens with zero attached hydrogens (tertiary/aromatic N) is 2. The lowest BCUT2D eigenvalue weighted by atomic mass is 10.2. The molecule has 2 aromatic heterocycles. The fraction of sp³-hybridized carbons (Fsp3) is 0.412. The first-order chi connectivity index (χ1) is 10.8. The van der Waals surface area contributed by atoms with Gasteiger partial charge in [0.25, 0.3) is 5.91 Å². The molecule has 114 valence electrons. The number of aromatic nitrogens is 1. The summed E-state index contributed by atoms with van der Waals surface area (Å²) in [5, 5.41) is 0. The van der Waals surface area contributed by atoms with Crippen LogP contribution in [0.1, 0.15) is 26.5 Å². The molecule has 1 aliphatic carbocycles. The third-order valence-corrected chi connectivity index (χ3v) is 5.82. The van der Waals surface area contributed by atoms with Gasteiger partial charge in [0.1, 0.15) is 0 Å². The summed E-state index contributed by atoms with van der Waals surface area (Å²) in [6.07, 6.45) is 7.45. The number of amides is 1. The van der Waals surface area contributed by atoms with Crippen molar-refractivity contribution in [2.75, 3.05) is 31.1 Å². The quantitative estimate of drug-likeness (QED) is 0.850. The van der Waals surface area contributed by atoms with Crippen LogP contribution in [0.2, 0.25) is 0 Å². The van der Waals surface area contributed by atoms with Crippen molar-refractivity contribution in [3.8, 4) is 0 Å². The van der Waals surface area contributed by atoms with Gasteiger partial charge in [-0.2, -0.15) is 0 Å². The molecular weight excluding hydrogens is 294 g/mol. The van der Waals surface area contributed by atoms with E-state index in [1.165, 1.54) is 22.5 Å². The number of hydrogen-bond acceptors (Lipinski definition) is 3. The van der Waals surface area contributed by atoms with E-state index >= 15 is 0 Å². The fourth-order valence-electron chi connectivity index (χ4n) is 3.35. The van der Waals surface area contributed by atoms with Crippen LogP contribution in [0.3, 0.4) is 0 Å². The predicted molar refractivity (Wildman–Crippen MR) is 87.5 cm³/mol. The minimum atomic E-state index is 0.223. The Balaban J connectivity index is 1.41. The summed E-state index contributed by atoms with van der Waals surface area (Å²) in [5.41, 5.74) is 2.63. The maximum absolute atomic E-state index is 12.7. The van der Waals surface area contributed by atoms with Crippen molar-refractivity contribution in [3.63, 3.8) is 0 Å². The summed E-state index contributed by atoms with van der Waals surface area (Å²) in [7, 11) is 0. The van der Waals surface area contributed by atoms with Crippen molar-refractivity contribution in [1.29, 1.82) is 0 Å². The molecule has 1 aliphatic heterocycles. The monoisotopic (exact) mass is 314 g/mol.